The van der Waals surface area contributed by atoms with E-state index in [1.165, 1.54) is 25.6 Å². The maximum Gasteiger partial charge on any atom is 0.272 e. The van der Waals surface area contributed by atoms with E-state index in [4.69, 9.17) is 22.1 Å². The molecule has 1 aliphatic rings. The quantitative estimate of drug-likeness (QED) is 0.536. The summed E-state index contributed by atoms with van der Waals surface area (Å²) in [4.78, 5) is 41.5. The molecule has 1 aromatic carbocycles. The van der Waals surface area contributed by atoms with E-state index in [1.54, 1.807) is 11.5 Å². The Morgan fingerprint density at radius 1 is 1.30 bits per heavy atom. The molecule has 178 valence electrons. The van der Waals surface area contributed by atoms with Gasteiger partial charge in [0.05, 0.1) is 23.6 Å². The monoisotopic (exact) mass is 479 g/mol. The first kappa shape index (κ1) is 24.7. The molecule has 0 spiro atoms. The summed E-state index contributed by atoms with van der Waals surface area (Å²) in [6, 6.07) is 3.40. The average molecular weight is 480 g/mol. The first-order valence-corrected chi connectivity index (χ1v) is 11.0. The number of aromatic nitrogens is 2. The topological polar surface area (TPSA) is 128 Å². The van der Waals surface area contributed by atoms with E-state index in [-0.39, 0.29) is 40.3 Å². The molecular weight excluding hydrogens is 453 g/mol. The maximum absolute atomic E-state index is 13.2. The standard InChI is InChI=1S/C22H27ClFN5O4/c1-12(10-33-2)27-22(32)18-19(20(25)30)29(11-26-18)15-6-3-13(4-7-15)21(31)28-17-8-5-14(24)9-16(17)23/h5,8-9,11-13,15H,3-4,6-7,10H2,1-2H3,(H2,25,30)(H,27,32)(H,28,31)/t12?,13-,15-. The third kappa shape index (κ3) is 5.88. The van der Waals surface area contributed by atoms with Gasteiger partial charge in [-0.15, -0.1) is 0 Å². The van der Waals surface area contributed by atoms with Gasteiger partial charge in [0, 0.05) is 25.1 Å². The van der Waals surface area contributed by atoms with E-state index >= 15 is 0 Å². The SMILES string of the molecule is COCC(C)NC(=O)c1ncn([C@H]2CC[C@H](C(=O)Nc3ccc(F)cc3Cl)CC2)c1C(N)=O. The minimum atomic E-state index is -0.747. The number of ether oxygens (including phenoxy) is 1. The van der Waals surface area contributed by atoms with E-state index in [9.17, 15) is 18.8 Å². The smallest absolute Gasteiger partial charge is 0.272 e. The van der Waals surface area contributed by atoms with Gasteiger partial charge in [0.2, 0.25) is 5.91 Å². The lowest BCUT2D eigenvalue weighted by atomic mass is 9.85. The number of carbonyl (C=O) groups is 3. The average Bonchev–Trinajstić information content (AvgIpc) is 3.21. The van der Waals surface area contributed by atoms with Gasteiger partial charge in [-0.25, -0.2) is 9.37 Å². The van der Waals surface area contributed by atoms with Crippen LogP contribution in [0.1, 0.15) is 59.6 Å². The van der Waals surface area contributed by atoms with Crippen molar-refractivity contribution in [2.75, 3.05) is 19.0 Å². The van der Waals surface area contributed by atoms with Crippen molar-refractivity contribution in [2.45, 2.75) is 44.7 Å². The lowest BCUT2D eigenvalue weighted by Gasteiger charge is -2.29. The van der Waals surface area contributed by atoms with E-state index < -0.39 is 17.6 Å². The number of nitrogens with zero attached hydrogens (tertiary/aromatic N) is 2. The van der Waals surface area contributed by atoms with E-state index in [1.807, 2.05) is 0 Å². The number of amides is 3. The molecule has 0 radical (unpaired) electrons. The van der Waals surface area contributed by atoms with Crippen LogP contribution < -0.4 is 16.4 Å². The van der Waals surface area contributed by atoms with Gasteiger partial charge in [0.15, 0.2) is 5.69 Å². The van der Waals surface area contributed by atoms with Crippen molar-refractivity contribution in [1.29, 1.82) is 0 Å². The summed E-state index contributed by atoms with van der Waals surface area (Å²) in [6.07, 6.45) is 3.73. The molecule has 0 bridgehead atoms. The van der Waals surface area contributed by atoms with Crippen LogP contribution in [0.3, 0.4) is 0 Å². The molecular formula is C22H27ClFN5O4. The number of carbonyl (C=O) groups excluding carboxylic acids is 3. The van der Waals surface area contributed by atoms with Crippen molar-refractivity contribution in [2.24, 2.45) is 11.7 Å². The van der Waals surface area contributed by atoms with Gasteiger partial charge in [0.25, 0.3) is 11.8 Å². The lowest BCUT2D eigenvalue weighted by molar-refractivity contribution is -0.121. The van der Waals surface area contributed by atoms with Crippen molar-refractivity contribution < 1.29 is 23.5 Å². The zero-order valence-corrected chi connectivity index (χ0v) is 19.2. The highest BCUT2D eigenvalue weighted by Crippen LogP contribution is 2.34. The molecule has 0 aliphatic heterocycles. The first-order chi connectivity index (χ1) is 15.7. The number of primary amides is 1. The molecule has 1 atom stereocenters. The Morgan fingerprint density at radius 2 is 2.00 bits per heavy atom. The van der Waals surface area contributed by atoms with Gasteiger partial charge in [-0.1, -0.05) is 11.6 Å². The summed E-state index contributed by atoms with van der Waals surface area (Å²) in [5.74, 6) is -2.19. The van der Waals surface area contributed by atoms with E-state index in [2.05, 4.69) is 15.6 Å². The fraction of sp³-hybridized carbons (Fsp3) is 0.455. The number of hydrogen-bond donors (Lipinski definition) is 3. The van der Waals surface area contributed by atoms with Crippen LogP contribution in [0, 0.1) is 11.7 Å². The van der Waals surface area contributed by atoms with Crippen LogP contribution in [0.15, 0.2) is 24.5 Å². The number of hydrogen-bond acceptors (Lipinski definition) is 5. The summed E-state index contributed by atoms with van der Waals surface area (Å²) in [6.45, 7) is 2.08. The summed E-state index contributed by atoms with van der Waals surface area (Å²) in [5.41, 5.74) is 5.94. The van der Waals surface area contributed by atoms with Crippen LogP contribution in [-0.4, -0.2) is 47.0 Å². The van der Waals surface area contributed by atoms with Gasteiger partial charge in [0.1, 0.15) is 11.5 Å². The van der Waals surface area contributed by atoms with Crippen LogP contribution in [0.25, 0.3) is 0 Å². The van der Waals surface area contributed by atoms with Crippen LogP contribution in [0.5, 0.6) is 0 Å². The Bertz CT molecular complexity index is 1040. The lowest BCUT2D eigenvalue weighted by Crippen LogP contribution is -2.37. The van der Waals surface area contributed by atoms with Gasteiger partial charge in [-0.05, 0) is 50.8 Å². The fourth-order valence-corrected chi connectivity index (χ4v) is 4.29. The highest BCUT2D eigenvalue weighted by Gasteiger charge is 2.31. The number of imidazole rings is 1. The predicted molar refractivity (Wildman–Crippen MR) is 121 cm³/mol. The highest BCUT2D eigenvalue weighted by molar-refractivity contribution is 6.33. The molecule has 1 saturated carbocycles. The zero-order valence-electron chi connectivity index (χ0n) is 18.4. The van der Waals surface area contributed by atoms with Crippen LogP contribution in [-0.2, 0) is 9.53 Å². The molecule has 2 aromatic rings. The molecule has 1 heterocycles. The molecule has 3 amide bonds. The minimum absolute atomic E-state index is 0.0312. The van der Waals surface area contributed by atoms with Crippen LogP contribution in [0.4, 0.5) is 10.1 Å². The Hall–Kier alpha value is -2.98. The maximum atomic E-state index is 13.2. The van der Waals surface area contributed by atoms with Gasteiger partial charge in [-0.2, -0.15) is 0 Å². The highest BCUT2D eigenvalue weighted by atomic mass is 35.5. The van der Waals surface area contributed by atoms with Crippen molar-refractivity contribution in [3.63, 3.8) is 0 Å². The molecule has 1 fully saturated rings. The second-order valence-electron chi connectivity index (χ2n) is 8.16. The Kier molecular flexibility index (Phi) is 8.04. The third-order valence-electron chi connectivity index (χ3n) is 5.69. The number of methoxy groups -OCH3 is 1. The number of benzene rings is 1. The Balaban J connectivity index is 1.66. The molecule has 33 heavy (non-hydrogen) atoms. The molecule has 11 heteroatoms. The normalized spacial score (nSPS) is 19.0. The van der Waals surface area contributed by atoms with Gasteiger partial charge < -0.3 is 25.7 Å². The predicted octanol–water partition coefficient (Wildman–Crippen LogP) is 2.91. The van der Waals surface area contributed by atoms with Crippen molar-refractivity contribution in [3.8, 4) is 0 Å². The second kappa shape index (κ2) is 10.8. The fourth-order valence-electron chi connectivity index (χ4n) is 4.07. The zero-order chi connectivity index (χ0) is 24.1. The summed E-state index contributed by atoms with van der Waals surface area (Å²) in [7, 11) is 1.52. The van der Waals surface area contributed by atoms with Crippen molar-refractivity contribution >= 4 is 35.0 Å². The van der Waals surface area contributed by atoms with Crippen molar-refractivity contribution in [3.05, 3.63) is 46.8 Å². The van der Waals surface area contributed by atoms with E-state index in [0.29, 0.717) is 38.0 Å². The van der Waals surface area contributed by atoms with Gasteiger partial charge in [-0.3, -0.25) is 14.4 Å². The summed E-state index contributed by atoms with van der Waals surface area (Å²) < 4.78 is 19.8. The number of halogens is 2. The Labute approximate surface area is 195 Å². The van der Waals surface area contributed by atoms with Crippen LogP contribution in [0.2, 0.25) is 5.02 Å². The second-order valence-corrected chi connectivity index (χ2v) is 8.57. The summed E-state index contributed by atoms with van der Waals surface area (Å²) >= 11 is 5.99. The van der Waals surface area contributed by atoms with Crippen molar-refractivity contribution in [1.82, 2.24) is 14.9 Å². The Morgan fingerprint density at radius 3 is 2.61 bits per heavy atom. The number of nitrogens with two attached hydrogens (primary N) is 1. The molecule has 3 rings (SSSR count). The third-order valence-corrected chi connectivity index (χ3v) is 6.00. The van der Waals surface area contributed by atoms with Crippen LogP contribution >= 0.6 is 11.6 Å². The first-order valence-electron chi connectivity index (χ1n) is 10.6. The molecule has 1 aromatic heterocycles. The molecule has 1 unspecified atom stereocenters. The number of rotatable bonds is 8. The number of nitrogens with one attached hydrogen (secondary N) is 2. The van der Waals surface area contributed by atoms with Gasteiger partial charge >= 0.3 is 0 Å². The molecule has 4 N–H and O–H groups in total. The molecule has 0 saturated heterocycles. The van der Waals surface area contributed by atoms with E-state index in [0.717, 1.165) is 6.07 Å². The summed E-state index contributed by atoms with van der Waals surface area (Å²) in [5, 5.41) is 5.60. The largest absolute Gasteiger partial charge is 0.383 e. The number of anilines is 1. The molecule has 1 aliphatic carbocycles. The minimum Gasteiger partial charge on any atom is -0.383 e. The molecule has 9 nitrogen and oxygen atoms in total.